The number of amides is 1. The summed E-state index contributed by atoms with van der Waals surface area (Å²) in [5, 5.41) is 3.05. The third-order valence-corrected chi connectivity index (χ3v) is 3.19. The van der Waals surface area contributed by atoms with Crippen LogP contribution in [0.15, 0.2) is 12.1 Å². The predicted molar refractivity (Wildman–Crippen MR) is 92.6 cm³/mol. The van der Waals surface area contributed by atoms with Gasteiger partial charge in [0.05, 0.1) is 11.3 Å². The smallest absolute Gasteiger partial charge is 0.253 e. The maximum Gasteiger partial charge on any atom is 0.253 e. The van der Waals surface area contributed by atoms with Gasteiger partial charge in [-0.1, -0.05) is 13.8 Å². The average molecular weight is 336 g/mol. The van der Waals surface area contributed by atoms with Crippen LogP contribution in [0.5, 0.6) is 0 Å². The zero-order valence-electron chi connectivity index (χ0n) is 13.4. The van der Waals surface area contributed by atoms with Crippen molar-refractivity contribution in [2.45, 2.75) is 46.6 Å². The Morgan fingerprint density at radius 3 is 2.33 bits per heavy atom. The van der Waals surface area contributed by atoms with E-state index in [1.165, 1.54) is 0 Å². The zero-order chi connectivity index (χ0) is 14.6. The third-order valence-electron chi connectivity index (χ3n) is 3.19. The molecule has 0 fully saturated rings. The van der Waals surface area contributed by atoms with E-state index in [0.717, 1.165) is 17.8 Å². The van der Waals surface area contributed by atoms with Crippen molar-refractivity contribution in [3.05, 3.63) is 29.1 Å². The summed E-state index contributed by atoms with van der Waals surface area (Å²) in [4.78, 5) is 16.6. The number of nitrogens with one attached hydrogen (secondary N) is 1. The molecule has 1 amide bonds. The summed E-state index contributed by atoms with van der Waals surface area (Å²) in [6.45, 7) is 10.4. The lowest BCUT2D eigenvalue weighted by Crippen LogP contribution is -2.52. The highest BCUT2D eigenvalue weighted by atomic mass is 35.5. The predicted octanol–water partition coefficient (Wildman–Crippen LogP) is 3.04. The van der Waals surface area contributed by atoms with Gasteiger partial charge >= 0.3 is 0 Å². The van der Waals surface area contributed by atoms with E-state index in [1.54, 1.807) is 0 Å². The first kappa shape index (κ1) is 22.4. The van der Waals surface area contributed by atoms with E-state index < -0.39 is 0 Å². The Morgan fingerprint density at radius 1 is 1.33 bits per heavy atom. The van der Waals surface area contributed by atoms with Crippen LogP contribution in [0.1, 0.15) is 48.9 Å². The van der Waals surface area contributed by atoms with E-state index in [-0.39, 0.29) is 36.3 Å². The molecule has 0 saturated carbocycles. The molecule has 6 heteroatoms. The number of rotatable bonds is 5. The fraction of sp³-hybridized carbons (Fsp3) is 0.600. The van der Waals surface area contributed by atoms with Crippen LogP contribution in [0.2, 0.25) is 0 Å². The third kappa shape index (κ3) is 6.64. The number of pyridine rings is 1. The summed E-state index contributed by atoms with van der Waals surface area (Å²) in [5.41, 5.74) is 7.73. The van der Waals surface area contributed by atoms with Crippen molar-refractivity contribution in [1.29, 1.82) is 0 Å². The molecule has 0 bridgehead atoms. The second-order valence-corrected chi connectivity index (χ2v) is 5.90. The number of aromatic nitrogens is 1. The number of carbonyl (C=O) groups excluding carboxylic acids is 1. The lowest BCUT2D eigenvalue weighted by atomic mass is 9.90. The Labute approximate surface area is 140 Å². The summed E-state index contributed by atoms with van der Waals surface area (Å²) < 4.78 is 0. The van der Waals surface area contributed by atoms with Gasteiger partial charge in [0.15, 0.2) is 0 Å². The number of nitrogens with two attached hydrogens (primary N) is 1. The number of halogens is 2. The molecule has 4 nitrogen and oxygen atoms in total. The molecule has 1 atom stereocenters. The second-order valence-electron chi connectivity index (χ2n) is 5.90. The van der Waals surface area contributed by atoms with Crippen LogP contribution < -0.4 is 11.1 Å². The topological polar surface area (TPSA) is 68.0 Å². The summed E-state index contributed by atoms with van der Waals surface area (Å²) >= 11 is 0. The first-order chi connectivity index (χ1) is 8.77. The highest BCUT2D eigenvalue weighted by Crippen LogP contribution is 2.17. The highest BCUT2D eigenvalue weighted by molar-refractivity contribution is 5.95. The van der Waals surface area contributed by atoms with Gasteiger partial charge in [-0.3, -0.25) is 9.78 Å². The van der Waals surface area contributed by atoms with Crippen LogP contribution in [0.4, 0.5) is 0 Å². The highest BCUT2D eigenvalue weighted by Gasteiger charge is 2.26. The van der Waals surface area contributed by atoms with Crippen molar-refractivity contribution in [1.82, 2.24) is 10.3 Å². The summed E-state index contributed by atoms with van der Waals surface area (Å²) in [5.74, 6) is 0.379. The first-order valence-corrected chi connectivity index (χ1v) is 6.74. The number of aryl methyl sites for hydroxylation is 2. The molecule has 1 heterocycles. The van der Waals surface area contributed by atoms with Crippen molar-refractivity contribution in [2.24, 2.45) is 11.7 Å². The minimum absolute atomic E-state index is 0. The molecule has 0 aromatic carbocycles. The molecule has 0 spiro atoms. The number of nitrogens with zero attached hydrogens (tertiary/aromatic N) is 1. The number of hydrogen-bond donors (Lipinski definition) is 2. The lowest BCUT2D eigenvalue weighted by molar-refractivity contribution is 0.0897. The molecule has 21 heavy (non-hydrogen) atoms. The second kappa shape index (κ2) is 9.23. The Bertz CT molecular complexity index is 466. The van der Waals surface area contributed by atoms with Crippen LogP contribution in [0, 0.1) is 19.8 Å². The molecule has 3 N–H and O–H groups in total. The van der Waals surface area contributed by atoms with E-state index >= 15 is 0 Å². The van der Waals surface area contributed by atoms with Gasteiger partial charge in [0.1, 0.15) is 0 Å². The SMILES string of the molecule is Cc1ccc(C(=O)NC(C)(CN)CC(C)C)c(C)n1.Cl.Cl. The molecule has 122 valence electrons. The molecule has 1 aromatic heterocycles. The number of hydrogen-bond acceptors (Lipinski definition) is 3. The number of carbonyl (C=O) groups is 1. The minimum Gasteiger partial charge on any atom is -0.346 e. The van der Waals surface area contributed by atoms with Gasteiger partial charge in [0, 0.05) is 17.8 Å². The largest absolute Gasteiger partial charge is 0.346 e. The van der Waals surface area contributed by atoms with Gasteiger partial charge in [-0.2, -0.15) is 0 Å². The van der Waals surface area contributed by atoms with Gasteiger partial charge in [-0.25, -0.2) is 0 Å². The van der Waals surface area contributed by atoms with Crippen molar-refractivity contribution in [2.75, 3.05) is 6.54 Å². The quantitative estimate of drug-likeness (QED) is 0.868. The van der Waals surface area contributed by atoms with E-state index in [0.29, 0.717) is 18.0 Å². The van der Waals surface area contributed by atoms with Gasteiger partial charge in [-0.05, 0) is 45.2 Å². The maximum absolute atomic E-state index is 12.3. The standard InChI is InChI=1S/C15H25N3O.2ClH/c1-10(2)8-15(5,9-16)18-14(19)13-7-6-11(3)17-12(13)4;;/h6-7,10H,8-9,16H2,1-5H3,(H,18,19);2*1H. The van der Waals surface area contributed by atoms with Crippen molar-refractivity contribution >= 4 is 30.7 Å². The molecule has 0 aliphatic heterocycles. The molecule has 0 saturated heterocycles. The molecule has 1 unspecified atom stereocenters. The van der Waals surface area contributed by atoms with E-state index in [4.69, 9.17) is 5.73 Å². The molecule has 0 aliphatic rings. The maximum atomic E-state index is 12.3. The molecular formula is C15H27Cl2N3O. The van der Waals surface area contributed by atoms with Crippen molar-refractivity contribution in [3.8, 4) is 0 Å². The normalized spacial score (nSPS) is 12.9. The Hall–Kier alpha value is -0.840. The molecule has 0 aliphatic carbocycles. The molecular weight excluding hydrogens is 309 g/mol. The van der Waals surface area contributed by atoms with Crippen LogP contribution in [-0.4, -0.2) is 23.0 Å². The molecule has 0 radical (unpaired) electrons. The molecule has 1 aromatic rings. The van der Waals surface area contributed by atoms with Crippen LogP contribution in [0.25, 0.3) is 0 Å². The van der Waals surface area contributed by atoms with Gasteiger partial charge in [0.25, 0.3) is 5.91 Å². The van der Waals surface area contributed by atoms with Gasteiger partial charge < -0.3 is 11.1 Å². The molecule has 1 rings (SSSR count). The van der Waals surface area contributed by atoms with E-state index in [2.05, 4.69) is 24.1 Å². The minimum atomic E-state index is -0.372. The van der Waals surface area contributed by atoms with Gasteiger partial charge in [0.2, 0.25) is 0 Å². The fourth-order valence-corrected chi connectivity index (χ4v) is 2.35. The first-order valence-electron chi connectivity index (χ1n) is 6.74. The summed E-state index contributed by atoms with van der Waals surface area (Å²) in [7, 11) is 0. The van der Waals surface area contributed by atoms with E-state index in [1.807, 2.05) is 32.9 Å². The van der Waals surface area contributed by atoms with E-state index in [9.17, 15) is 4.79 Å². The fourth-order valence-electron chi connectivity index (χ4n) is 2.35. The van der Waals surface area contributed by atoms with Crippen LogP contribution >= 0.6 is 24.8 Å². The average Bonchev–Trinajstić information content (AvgIpc) is 2.27. The summed E-state index contributed by atoms with van der Waals surface area (Å²) in [6.07, 6.45) is 0.855. The summed E-state index contributed by atoms with van der Waals surface area (Å²) in [6, 6.07) is 3.67. The Kier molecular flexibility index (Phi) is 9.87. The van der Waals surface area contributed by atoms with Crippen LogP contribution in [0.3, 0.4) is 0 Å². The lowest BCUT2D eigenvalue weighted by Gasteiger charge is -2.31. The van der Waals surface area contributed by atoms with Gasteiger partial charge in [-0.15, -0.1) is 24.8 Å². The Balaban J connectivity index is 0. The van der Waals surface area contributed by atoms with Crippen molar-refractivity contribution < 1.29 is 4.79 Å². The van der Waals surface area contributed by atoms with Crippen LogP contribution in [-0.2, 0) is 0 Å². The monoisotopic (exact) mass is 335 g/mol. The van der Waals surface area contributed by atoms with Crippen molar-refractivity contribution in [3.63, 3.8) is 0 Å². The Morgan fingerprint density at radius 2 is 1.90 bits per heavy atom. The zero-order valence-corrected chi connectivity index (χ0v) is 15.0.